The number of nitrogens with two attached hydrogens (primary N) is 1. The van der Waals surface area contributed by atoms with Crippen LogP contribution >= 0.6 is 0 Å². The average molecular weight is 304 g/mol. The lowest BCUT2D eigenvalue weighted by atomic mass is 10.1. The molecule has 0 fully saturated rings. The van der Waals surface area contributed by atoms with Gasteiger partial charge in [0.05, 0.1) is 0 Å². The second kappa shape index (κ2) is 7.87. The van der Waals surface area contributed by atoms with Gasteiger partial charge in [0, 0.05) is 19.0 Å². The minimum Gasteiger partial charge on any atom is -0.406 e. The summed E-state index contributed by atoms with van der Waals surface area (Å²) in [7, 11) is 0. The van der Waals surface area contributed by atoms with E-state index in [0.29, 0.717) is 18.4 Å². The lowest BCUT2D eigenvalue weighted by Crippen LogP contribution is -2.27. The number of hydrogen-bond donors (Lipinski definition) is 2. The molecule has 0 aliphatic heterocycles. The largest absolute Gasteiger partial charge is 0.573 e. The summed E-state index contributed by atoms with van der Waals surface area (Å²) in [5, 5.41) is 2.65. The number of para-hydroxylation sites is 1. The van der Waals surface area contributed by atoms with Gasteiger partial charge in [-0.1, -0.05) is 18.2 Å². The first kappa shape index (κ1) is 17.3. The predicted molar refractivity (Wildman–Crippen MR) is 72.7 cm³/mol. The SMILES string of the molecule is CC(N)CCC(=O)NCCc1ccccc1OC(F)(F)F. The molecule has 1 aromatic rings. The first-order valence-corrected chi connectivity index (χ1v) is 6.64. The monoisotopic (exact) mass is 304 g/mol. The number of hydrogen-bond acceptors (Lipinski definition) is 3. The zero-order chi connectivity index (χ0) is 15.9. The van der Waals surface area contributed by atoms with Crippen LogP contribution in [0.15, 0.2) is 24.3 Å². The molecule has 7 heteroatoms. The molecule has 0 aromatic heterocycles. The molecule has 4 nitrogen and oxygen atoms in total. The fourth-order valence-corrected chi connectivity index (χ4v) is 1.72. The van der Waals surface area contributed by atoms with Crippen LogP contribution in [0.4, 0.5) is 13.2 Å². The number of benzene rings is 1. The van der Waals surface area contributed by atoms with Gasteiger partial charge >= 0.3 is 6.36 Å². The minimum absolute atomic E-state index is 0.0586. The first-order chi connectivity index (χ1) is 9.78. The summed E-state index contributed by atoms with van der Waals surface area (Å²) in [4.78, 5) is 11.5. The summed E-state index contributed by atoms with van der Waals surface area (Å²) in [6, 6.07) is 5.81. The zero-order valence-electron chi connectivity index (χ0n) is 11.7. The third kappa shape index (κ3) is 7.55. The van der Waals surface area contributed by atoms with Crippen molar-refractivity contribution in [1.82, 2.24) is 5.32 Å². The number of nitrogens with one attached hydrogen (secondary N) is 1. The van der Waals surface area contributed by atoms with E-state index in [2.05, 4.69) is 10.1 Å². The van der Waals surface area contributed by atoms with Crippen LogP contribution in [0.1, 0.15) is 25.3 Å². The van der Waals surface area contributed by atoms with Crippen LogP contribution in [0.25, 0.3) is 0 Å². The highest BCUT2D eigenvalue weighted by molar-refractivity contribution is 5.75. The molecular weight excluding hydrogens is 285 g/mol. The highest BCUT2D eigenvalue weighted by Gasteiger charge is 2.31. The Hall–Kier alpha value is -1.76. The van der Waals surface area contributed by atoms with Gasteiger partial charge in [0.15, 0.2) is 0 Å². The molecule has 0 saturated heterocycles. The summed E-state index contributed by atoms with van der Waals surface area (Å²) < 4.78 is 40.7. The Balaban J connectivity index is 2.47. The van der Waals surface area contributed by atoms with Gasteiger partial charge in [-0.05, 0) is 31.4 Å². The van der Waals surface area contributed by atoms with E-state index in [1.165, 1.54) is 18.2 Å². The highest BCUT2D eigenvalue weighted by atomic mass is 19.4. The van der Waals surface area contributed by atoms with Crippen LogP contribution in [-0.4, -0.2) is 24.9 Å². The molecule has 1 amide bonds. The minimum atomic E-state index is -4.73. The molecule has 1 unspecified atom stereocenters. The van der Waals surface area contributed by atoms with Crippen molar-refractivity contribution in [2.75, 3.05) is 6.54 Å². The third-order valence-electron chi connectivity index (χ3n) is 2.74. The van der Waals surface area contributed by atoms with Crippen LogP contribution in [-0.2, 0) is 11.2 Å². The van der Waals surface area contributed by atoms with Crippen molar-refractivity contribution in [2.45, 2.75) is 38.6 Å². The molecule has 21 heavy (non-hydrogen) atoms. The van der Waals surface area contributed by atoms with Crippen molar-refractivity contribution >= 4 is 5.91 Å². The van der Waals surface area contributed by atoms with Gasteiger partial charge in [0.1, 0.15) is 5.75 Å². The van der Waals surface area contributed by atoms with Gasteiger partial charge in [0.25, 0.3) is 0 Å². The van der Waals surface area contributed by atoms with Gasteiger partial charge in [-0.15, -0.1) is 13.2 Å². The normalized spacial score (nSPS) is 12.8. The number of ether oxygens (including phenoxy) is 1. The number of carbonyl (C=O) groups is 1. The fourth-order valence-electron chi connectivity index (χ4n) is 1.72. The summed E-state index contributed by atoms with van der Waals surface area (Å²) in [6.07, 6.45) is -3.59. The quantitative estimate of drug-likeness (QED) is 0.813. The van der Waals surface area contributed by atoms with E-state index in [9.17, 15) is 18.0 Å². The maximum atomic E-state index is 12.2. The van der Waals surface area contributed by atoms with E-state index in [4.69, 9.17) is 5.73 Å². The Morgan fingerprint density at radius 2 is 2.05 bits per heavy atom. The fraction of sp³-hybridized carbons (Fsp3) is 0.500. The predicted octanol–water partition coefficient (Wildman–Crippen LogP) is 2.37. The van der Waals surface area contributed by atoms with Crippen LogP contribution in [0.5, 0.6) is 5.75 Å². The summed E-state index contributed by atoms with van der Waals surface area (Å²) in [6.45, 7) is 2.05. The highest BCUT2D eigenvalue weighted by Crippen LogP contribution is 2.26. The number of alkyl halides is 3. The van der Waals surface area contributed by atoms with Crippen LogP contribution in [0, 0.1) is 0 Å². The van der Waals surface area contributed by atoms with Crippen molar-refractivity contribution in [1.29, 1.82) is 0 Å². The van der Waals surface area contributed by atoms with Gasteiger partial charge < -0.3 is 15.8 Å². The maximum Gasteiger partial charge on any atom is 0.573 e. The van der Waals surface area contributed by atoms with E-state index < -0.39 is 6.36 Å². The molecule has 0 heterocycles. The number of amides is 1. The molecule has 0 bridgehead atoms. The Morgan fingerprint density at radius 3 is 2.67 bits per heavy atom. The molecule has 1 rings (SSSR count). The zero-order valence-corrected chi connectivity index (χ0v) is 11.7. The molecule has 0 saturated carbocycles. The molecule has 0 radical (unpaired) electrons. The van der Waals surface area contributed by atoms with Crippen molar-refractivity contribution < 1.29 is 22.7 Å². The van der Waals surface area contributed by atoms with E-state index in [1.54, 1.807) is 13.0 Å². The van der Waals surface area contributed by atoms with Gasteiger partial charge in [0.2, 0.25) is 5.91 Å². The van der Waals surface area contributed by atoms with E-state index >= 15 is 0 Å². The maximum absolute atomic E-state index is 12.2. The Bertz CT molecular complexity index is 462. The Labute approximate surface area is 121 Å². The van der Waals surface area contributed by atoms with E-state index in [-0.39, 0.29) is 30.7 Å². The third-order valence-corrected chi connectivity index (χ3v) is 2.74. The number of carbonyl (C=O) groups excluding carboxylic acids is 1. The molecule has 1 aromatic carbocycles. The van der Waals surface area contributed by atoms with Crippen LogP contribution < -0.4 is 15.8 Å². The van der Waals surface area contributed by atoms with Crippen molar-refractivity contribution in [3.05, 3.63) is 29.8 Å². The molecular formula is C14H19F3N2O2. The average Bonchev–Trinajstić information content (AvgIpc) is 2.36. The molecule has 0 aliphatic carbocycles. The second-order valence-electron chi connectivity index (χ2n) is 4.77. The van der Waals surface area contributed by atoms with Gasteiger partial charge in [-0.2, -0.15) is 0 Å². The summed E-state index contributed by atoms with van der Waals surface area (Å²) in [5.41, 5.74) is 5.93. The van der Waals surface area contributed by atoms with Crippen LogP contribution in [0.2, 0.25) is 0 Å². The van der Waals surface area contributed by atoms with Gasteiger partial charge in [-0.25, -0.2) is 0 Å². The Kier molecular flexibility index (Phi) is 6.48. The smallest absolute Gasteiger partial charge is 0.406 e. The van der Waals surface area contributed by atoms with Crippen molar-refractivity contribution in [3.8, 4) is 5.75 Å². The Morgan fingerprint density at radius 1 is 1.38 bits per heavy atom. The molecule has 118 valence electrons. The number of halogens is 3. The van der Waals surface area contributed by atoms with Gasteiger partial charge in [-0.3, -0.25) is 4.79 Å². The van der Waals surface area contributed by atoms with E-state index in [1.807, 2.05) is 0 Å². The molecule has 3 N–H and O–H groups in total. The summed E-state index contributed by atoms with van der Waals surface area (Å²) >= 11 is 0. The summed E-state index contributed by atoms with van der Waals surface area (Å²) in [5.74, 6) is -0.406. The first-order valence-electron chi connectivity index (χ1n) is 6.64. The topological polar surface area (TPSA) is 64.4 Å². The molecule has 1 atom stereocenters. The standard InChI is InChI=1S/C14H19F3N2O2/c1-10(18)6-7-13(20)19-9-8-11-4-2-3-5-12(11)21-14(15,16)17/h2-5,10H,6-9,18H2,1H3,(H,19,20). The molecule has 0 spiro atoms. The van der Waals surface area contributed by atoms with Crippen molar-refractivity contribution in [3.63, 3.8) is 0 Å². The molecule has 0 aliphatic rings. The lowest BCUT2D eigenvalue weighted by Gasteiger charge is -2.13. The van der Waals surface area contributed by atoms with E-state index in [0.717, 1.165) is 0 Å². The second-order valence-corrected chi connectivity index (χ2v) is 4.77. The van der Waals surface area contributed by atoms with Crippen LogP contribution in [0.3, 0.4) is 0 Å². The number of rotatable bonds is 7. The van der Waals surface area contributed by atoms with Crippen molar-refractivity contribution in [2.24, 2.45) is 5.73 Å². The lowest BCUT2D eigenvalue weighted by molar-refractivity contribution is -0.274.